The van der Waals surface area contributed by atoms with Gasteiger partial charge in [0.2, 0.25) is 0 Å². The van der Waals surface area contributed by atoms with Crippen LogP contribution in [-0.4, -0.2) is 31.2 Å². The van der Waals surface area contributed by atoms with Crippen LogP contribution in [0.15, 0.2) is 17.0 Å². The maximum absolute atomic E-state index is 11.8. The maximum atomic E-state index is 11.8. The minimum absolute atomic E-state index is 0.0725. The van der Waals surface area contributed by atoms with Crippen LogP contribution in [0, 0.1) is 13.8 Å². The molecule has 0 fully saturated rings. The van der Waals surface area contributed by atoms with Crippen LogP contribution in [0.25, 0.3) is 0 Å². The van der Waals surface area contributed by atoms with Gasteiger partial charge in [-0.2, -0.15) is 0 Å². The summed E-state index contributed by atoms with van der Waals surface area (Å²) in [5.41, 5.74) is 3.09. The van der Waals surface area contributed by atoms with Crippen LogP contribution >= 0.6 is 11.8 Å². The molecule has 0 aliphatic heterocycles. The van der Waals surface area contributed by atoms with Crippen molar-refractivity contribution in [1.82, 2.24) is 4.90 Å². The largest absolute Gasteiger partial charge is 0.345 e. The Labute approximate surface area is 95.7 Å². The zero-order chi connectivity index (χ0) is 11.6. The molecule has 0 unspecified atom stereocenters. The minimum Gasteiger partial charge on any atom is -0.345 e. The normalized spacial score (nSPS) is 10.2. The summed E-state index contributed by atoms with van der Waals surface area (Å²) in [4.78, 5) is 14.7. The van der Waals surface area contributed by atoms with Gasteiger partial charge in [0.15, 0.2) is 0 Å². The first-order valence-electron chi connectivity index (χ1n) is 4.85. The van der Waals surface area contributed by atoms with Gasteiger partial charge in [0, 0.05) is 24.6 Å². The van der Waals surface area contributed by atoms with Crippen molar-refractivity contribution in [1.29, 1.82) is 0 Å². The highest BCUT2D eigenvalue weighted by Crippen LogP contribution is 2.25. The van der Waals surface area contributed by atoms with Crippen molar-refractivity contribution in [2.45, 2.75) is 18.7 Å². The fourth-order valence-corrected chi connectivity index (χ4v) is 2.15. The molecule has 0 aliphatic rings. The Morgan fingerprint density at radius 3 is 2.27 bits per heavy atom. The third-order valence-electron chi connectivity index (χ3n) is 2.59. The summed E-state index contributed by atoms with van der Waals surface area (Å²) < 4.78 is 0. The van der Waals surface area contributed by atoms with E-state index in [1.807, 2.05) is 19.1 Å². The van der Waals surface area contributed by atoms with E-state index in [4.69, 9.17) is 0 Å². The van der Waals surface area contributed by atoms with Gasteiger partial charge in [0.25, 0.3) is 5.91 Å². The number of hydrogen-bond donors (Lipinski definition) is 0. The molecule has 1 aromatic rings. The molecule has 0 atom stereocenters. The van der Waals surface area contributed by atoms with Crippen LogP contribution in [0.1, 0.15) is 21.5 Å². The lowest BCUT2D eigenvalue weighted by atomic mass is 10.0. The van der Waals surface area contributed by atoms with Crippen molar-refractivity contribution in [2.24, 2.45) is 0 Å². The van der Waals surface area contributed by atoms with Crippen LogP contribution in [0.5, 0.6) is 0 Å². The van der Waals surface area contributed by atoms with Crippen molar-refractivity contribution >= 4 is 17.7 Å². The summed E-state index contributed by atoms with van der Waals surface area (Å²) in [6.07, 6.45) is 2.05. The van der Waals surface area contributed by atoms with Gasteiger partial charge >= 0.3 is 0 Å². The molecule has 82 valence electrons. The Bertz CT molecular complexity index is 385. The first kappa shape index (κ1) is 12.1. The maximum Gasteiger partial charge on any atom is 0.253 e. The summed E-state index contributed by atoms with van der Waals surface area (Å²) in [6.45, 7) is 4.07. The molecule has 15 heavy (non-hydrogen) atoms. The van der Waals surface area contributed by atoms with Crippen LogP contribution in [0.4, 0.5) is 0 Å². The number of carbonyl (C=O) groups is 1. The van der Waals surface area contributed by atoms with Gasteiger partial charge in [-0.05, 0) is 43.4 Å². The highest BCUT2D eigenvalue weighted by Gasteiger charge is 2.13. The molecule has 0 spiro atoms. The number of benzene rings is 1. The second-order valence-corrected chi connectivity index (χ2v) is 4.61. The summed E-state index contributed by atoms with van der Waals surface area (Å²) in [7, 11) is 3.55. The number of rotatable bonds is 2. The fraction of sp³-hybridized carbons (Fsp3) is 0.417. The quantitative estimate of drug-likeness (QED) is 0.719. The van der Waals surface area contributed by atoms with Crippen molar-refractivity contribution in [2.75, 3.05) is 20.4 Å². The zero-order valence-electron chi connectivity index (χ0n) is 9.92. The predicted molar refractivity (Wildman–Crippen MR) is 65.7 cm³/mol. The molecule has 0 N–H and O–H groups in total. The van der Waals surface area contributed by atoms with Gasteiger partial charge < -0.3 is 4.90 Å². The molecule has 0 saturated carbocycles. The molecule has 0 saturated heterocycles. The Hall–Kier alpha value is -0.960. The molecule has 1 amide bonds. The molecular weight excluding hydrogens is 206 g/mol. The van der Waals surface area contributed by atoms with E-state index in [9.17, 15) is 4.79 Å². The average molecular weight is 223 g/mol. The number of carbonyl (C=O) groups excluding carboxylic acids is 1. The van der Waals surface area contributed by atoms with Crippen molar-refractivity contribution in [3.05, 3.63) is 28.8 Å². The topological polar surface area (TPSA) is 20.3 Å². The van der Waals surface area contributed by atoms with E-state index in [0.717, 1.165) is 11.1 Å². The lowest BCUT2D eigenvalue weighted by Gasteiger charge is -2.15. The molecule has 1 aromatic carbocycles. The molecule has 1 rings (SSSR count). The molecule has 2 nitrogen and oxygen atoms in total. The fourth-order valence-electron chi connectivity index (χ4n) is 1.49. The van der Waals surface area contributed by atoms with E-state index in [1.165, 1.54) is 10.5 Å². The molecular formula is C12H17NOS. The standard InChI is InChI=1S/C12H17NOS/c1-8-9(2)11(15-5)7-6-10(8)12(14)13(3)4/h6-7H,1-5H3. The van der Waals surface area contributed by atoms with Gasteiger partial charge in [0.05, 0.1) is 0 Å². The van der Waals surface area contributed by atoms with E-state index in [0.29, 0.717) is 0 Å². The SMILES string of the molecule is CSc1ccc(C(=O)N(C)C)c(C)c1C. The summed E-state index contributed by atoms with van der Waals surface area (Å²) in [6, 6.07) is 3.93. The van der Waals surface area contributed by atoms with Crippen molar-refractivity contribution in [3.63, 3.8) is 0 Å². The average Bonchev–Trinajstić information content (AvgIpc) is 2.21. The zero-order valence-corrected chi connectivity index (χ0v) is 10.7. The second-order valence-electron chi connectivity index (χ2n) is 3.76. The number of thioether (sulfide) groups is 1. The summed E-state index contributed by atoms with van der Waals surface area (Å²) >= 11 is 1.71. The van der Waals surface area contributed by atoms with Gasteiger partial charge in [-0.1, -0.05) is 0 Å². The van der Waals surface area contributed by atoms with Crippen molar-refractivity contribution < 1.29 is 4.79 Å². The van der Waals surface area contributed by atoms with Crippen LogP contribution in [0.3, 0.4) is 0 Å². The highest BCUT2D eigenvalue weighted by molar-refractivity contribution is 7.98. The smallest absolute Gasteiger partial charge is 0.253 e. The van der Waals surface area contributed by atoms with Gasteiger partial charge in [-0.25, -0.2) is 0 Å². The third-order valence-corrected chi connectivity index (χ3v) is 3.48. The number of amides is 1. The van der Waals surface area contributed by atoms with Crippen LogP contribution in [-0.2, 0) is 0 Å². The van der Waals surface area contributed by atoms with Gasteiger partial charge in [-0.3, -0.25) is 4.79 Å². The molecule has 0 aromatic heterocycles. The monoisotopic (exact) mass is 223 g/mol. The molecule has 0 heterocycles. The predicted octanol–water partition coefficient (Wildman–Crippen LogP) is 2.73. The summed E-state index contributed by atoms with van der Waals surface area (Å²) in [5.74, 6) is 0.0725. The van der Waals surface area contributed by atoms with Gasteiger partial charge in [0.1, 0.15) is 0 Å². The Balaban J connectivity index is 3.23. The first-order valence-corrected chi connectivity index (χ1v) is 6.07. The van der Waals surface area contributed by atoms with Crippen LogP contribution in [0.2, 0.25) is 0 Å². The van der Waals surface area contributed by atoms with E-state index >= 15 is 0 Å². The van der Waals surface area contributed by atoms with E-state index in [1.54, 1.807) is 30.8 Å². The molecule has 0 aliphatic carbocycles. The first-order chi connectivity index (χ1) is 6.99. The Morgan fingerprint density at radius 2 is 1.80 bits per heavy atom. The lowest BCUT2D eigenvalue weighted by Crippen LogP contribution is -2.22. The second kappa shape index (κ2) is 4.71. The van der Waals surface area contributed by atoms with E-state index < -0.39 is 0 Å². The van der Waals surface area contributed by atoms with Crippen molar-refractivity contribution in [3.8, 4) is 0 Å². The van der Waals surface area contributed by atoms with E-state index in [2.05, 4.69) is 13.2 Å². The Kier molecular flexibility index (Phi) is 3.80. The van der Waals surface area contributed by atoms with Crippen LogP contribution < -0.4 is 0 Å². The molecule has 0 bridgehead atoms. The molecule has 0 radical (unpaired) electrons. The van der Waals surface area contributed by atoms with E-state index in [-0.39, 0.29) is 5.91 Å². The molecule has 3 heteroatoms. The summed E-state index contributed by atoms with van der Waals surface area (Å²) in [5, 5.41) is 0. The lowest BCUT2D eigenvalue weighted by molar-refractivity contribution is 0.0826. The number of nitrogens with zero attached hydrogens (tertiary/aromatic N) is 1. The van der Waals surface area contributed by atoms with Gasteiger partial charge in [-0.15, -0.1) is 11.8 Å². The Morgan fingerprint density at radius 1 is 1.20 bits per heavy atom. The minimum atomic E-state index is 0.0725. The number of hydrogen-bond acceptors (Lipinski definition) is 2. The third kappa shape index (κ3) is 2.34. The highest BCUT2D eigenvalue weighted by atomic mass is 32.2.